The third kappa shape index (κ3) is 5.39. The van der Waals surface area contributed by atoms with Crippen LogP contribution in [0.2, 0.25) is 5.02 Å². The Kier molecular flexibility index (Phi) is 6.86. The number of methoxy groups -OCH3 is 1. The molecule has 0 atom stereocenters. The molecule has 0 aliphatic heterocycles. The van der Waals surface area contributed by atoms with Crippen molar-refractivity contribution in [1.29, 1.82) is 0 Å². The molecular weight excluding hydrogens is 358 g/mol. The molecule has 1 amide bonds. The van der Waals surface area contributed by atoms with Crippen molar-refractivity contribution in [1.82, 2.24) is 0 Å². The minimum atomic E-state index is -0.631. The van der Waals surface area contributed by atoms with Crippen LogP contribution in [0.25, 0.3) is 0 Å². The minimum absolute atomic E-state index is 0.272. The summed E-state index contributed by atoms with van der Waals surface area (Å²) in [4.78, 5) is 23.6. The molecule has 2 aromatic carbocycles. The fourth-order valence-electron chi connectivity index (χ4n) is 2.15. The number of aryl methyl sites for hydroxylation is 1. The minimum Gasteiger partial charge on any atom is -0.495 e. The molecule has 2 aromatic rings. The van der Waals surface area contributed by atoms with E-state index in [0.717, 1.165) is 11.1 Å². The number of carbonyl (C=O) groups is 2. The van der Waals surface area contributed by atoms with E-state index in [0.29, 0.717) is 22.2 Å². The Morgan fingerprint density at radius 1 is 1.08 bits per heavy atom. The van der Waals surface area contributed by atoms with Crippen LogP contribution in [0.3, 0.4) is 0 Å². The second-order valence-electron chi connectivity index (χ2n) is 5.54. The van der Waals surface area contributed by atoms with E-state index in [2.05, 4.69) is 5.32 Å². The molecule has 0 heterocycles. The molecule has 0 fully saturated rings. The van der Waals surface area contributed by atoms with Crippen LogP contribution >= 0.6 is 11.6 Å². The van der Waals surface area contributed by atoms with Gasteiger partial charge < -0.3 is 19.5 Å². The second kappa shape index (κ2) is 9.10. The summed E-state index contributed by atoms with van der Waals surface area (Å²) in [5.41, 5.74) is 2.49. The van der Waals surface area contributed by atoms with Crippen LogP contribution < -0.4 is 14.8 Å². The van der Waals surface area contributed by atoms with Crippen molar-refractivity contribution in [2.24, 2.45) is 0 Å². The first-order valence-corrected chi connectivity index (χ1v) is 8.26. The van der Waals surface area contributed by atoms with E-state index < -0.39 is 18.5 Å². The Bertz CT molecular complexity index is 807. The van der Waals surface area contributed by atoms with Gasteiger partial charge in [0.05, 0.1) is 12.1 Å². The number of benzene rings is 2. The van der Waals surface area contributed by atoms with Crippen molar-refractivity contribution in [3.63, 3.8) is 0 Å². The monoisotopic (exact) mass is 377 g/mol. The summed E-state index contributed by atoms with van der Waals surface area (Å²) in [6.45, 7) is 3.17. The largest absolute Gasteiger partial charge is 0.495 e. The summed E-state index contributed by atoms with van der Waals surface area (Å²) in [6, 6.07) is 10.4. The number of hydrogen-bond donors (Lipinski definition) is 1. The molecule has 0 saturated heterocycles. The highest BCUT2D eigenvalue weighted by Gasteiger charge is 2.11. The summed E-state index contributed by atoms with van der Waals surface area (Å²) < 4.78 is 15.4. The predicted octanol–water partition coefficient (Wildman–Crippen LogP) is 3.53. The van der Waals surface area contributed by atoms with Gasteiger partial charge in [0.25, 0.3) is 5.91 Å². The van der Waals surface area contributed by atoms with Crippen molar-refractivity contribution in [2.45, 2.75) is 13.8 Å². The smallest absolute Gasteiger partial charge is 0.344 e. The van der Waals surface area contributed by atoms with Gasteiger partial charge in [0.2, 0.25) is 0 Å². The summed E-state index contributed by atoms with van der Waals surface area (Å²) in [7, 11) is 1.50. The molecule has 0 unspecified atom stereocenters. The van der Waals surface area contributed by atoms with Gasteiger partial charge in [0, 0.05) is 5.69 Å². The van der Waals surface area contributed by atoms with Crippen molar-refractivity contribution in [3.05, 3.63) is 52.5 Å². The van der Waals surface area contributed by atoms with Crippen molar-refractivity contribution < 1.29 is 23.8 Å². The quantitative estimate of drug-likeness (QED) is 0.747. The van der Waals surface area contributed by atoms with Crippen LogP contribution in [0, 0.1) is 13.8 Å². The number of ether oxygens (including phenoxy) is 3. The van der Waals surface area contributed by atoms with Gasteiger partial charge in [-0.3, -0.25) is 4.79 Å². The third-order valence-corrected chi connectivity index (χ3v) is 4.00. The average molecular weight is 378 g/mol. The number of esters is 1. The SMILES string of the molecule is COc1ccc(NC(=O)COC(=O)COc2cccc(C)c2C)cc1Cl. The number of anilines is 1. The molecule has 138 valence electrons. The normalized spacial score (nSPS) is 10.2. The lowest BCUT2D eigenvalue weighted by Gasteiger charge is -2.11. The molecule has 7 heteroatoms. The molecule has 2 rings (SSSR count). The van der Waals surface area contributed by atoms with Crippen LogP contribution in [0.15, 0.2) is 36.4 Å². The summed E-state index contributed by atoms with van der Waals surface area (Å²) in [5.74, 6) is -0.000834. The first-order chi connectivity index (χ1) is 12.4. The number of amides is 1. The van der Waals surface area contributed by atoms with Crippen LogP contribution in [-0.4, -0.2) is 32.2 Å². The van der Waals surface area contributed by atoms with Crippen LogP contribution in [0.5, 0.6) is 11.5 Å². The highest BCUT2D eigenvalue weighted by Crippen LogP contribution is 2.27. The lowest BCUT2D eigenvalue weighted by molar-refractivity contribution is -0.149. The van der Waals surface area contributed by atoms with Crippen molar-refractivity contribution in [2.75, 3.05) is 25.6 Å². The van der Waals surface area contributed by atoms with Crippen molar-refractivity contribution >= 4 is 29.2 Å². The fraction of sp³-hybridized carbons (Fsp3) is 0.263. The third-order valence-electron chi connectivity index (χ3n) is 3.70. The lowest BCUT2D eigenvalue weighted by Crippen LogP contribution is -2.23. The van der Waals surface area contributed by atoms with Gasteiger partial charge in [-0.1, -0.05) is 23.7 Å². The standard InChI is InChI=1S/C19H20ClNO5/c1-12-5-4-6-16(13(12)2)25-11-19(23)26-10-18(22)21-14-7-8-17(24-3)15(20)9-14/h4-9H,10-11H2,1-3H3,(H,21,22). The molecule has 0 saturated carbocycles. The summed E-state index contributed by atoms with van der Waals surface area (Å²) >= 11 is 5.99. The number of rotatable bonds is 7. The maximum absolute atomic E-state index is 11.9. The van der Waals surface area contributed by atoms with E-state index >= 15 is 0 Å². The van der Waals surface area contributed by atoms with E-state index in [4.69, 9.17) is 25.8 Å². The van der Waals surface area contributed by atoms with Gasteiger partial charge in [0.1, 0.15) is 11.5 Å². The molecule has 0 aliphatic rings. The predicted molar refractivity (Wildman–Crippen MR) is 99.0 cm³/mol. The summed E-state index contributed by atoms with van der Waals surface area (Å²) in [5, 5.41) is 2.95. The van der Waals surface area contributed by atoms with E-state index in [1.807, 2.05) is 26.0 Å². The van der Waals surface area contributed by atoms with Crippen LogP contribution in [0.4, 0.5) is 5.69 Å². The fourth-order valence-corrected chi connectivity index (χ4v) is 2.40. The molecule has 0 aliphatic carbocycles. The Morgan fingerprint density at radius 3 is 2.54 bits per heavy atom. The zero-order valence-electron chi connectivity index (χ0n) is 14.8. The van der Waals surface area contributed by atoms with Gasteiger partial charge in [-0.2, -0.15) is 0 Å². The van der Waals surface area contributed by atoms with Crippen LogP contribution in [0.1, 0.15) is 11.1 Å². The Hall–Kier alpha value is -2.73. The summed E-state index contributed by atoms with van der Waals surface area (Å²) in [6.07, 6.45) is 0. The van der Waals surface area contributed by atoms with Gasteiger partial charge in [-0.05, 0) is 49.2 Å². The maximum atomic E-state index is 11.9. The molecule has 0 bridgehead atoms. The Labute approximate surface area is 157 Å². The van der Waals surface area contributed by atoms with Crippen molar-refractivity contribution in [3.8, 4) is 11.5 Å². The molecule has 0 aromatic heterocycles. The molecule has 26 heavy (non-hydrogen) atoms. The number of nitrogens with one attached hydrogen (secondary N) is 1. The van der Waals surface area contributed by atoms with Gasteiger partial charge >= 0.3 is 5.97 Å². The van der Waals surface area contributed by atoms with E-state index in [1.54, 1.807) is 24.3 Å². The highest BCUT2D eigenvalue weighted by atomic mass is 35.5. The van der Waals surface area contributed by atoms with E-state index in [9.17, 15) is 9.59 Å². The average Bonchev–Trinajstić information content (AvgIpc) is 2.61. The van der Waals surface area contributed by atoms with E-state index in [1.165, 1.54) is 7.11 Å². The highest BCUT2D eigenvalue weighted by molar-refractivity contribution is 6.32. The van der Waals surface area contributed by atoms with E-state index in [-0.39, 0.29) is 6.61 Å². The topological polar surface area (TPSA) is 73.9 Å². The first-order valence-electron chi connectivity index (χ1n) is 7.88. The Balaban J connectivity index is 1.79. The molecular formula is C19H20ClNO5. The number of halogens is 1. The van der Waals surface area contributed by atoms with Gasteiger partial charge in [-0.15, -0.1) is 0 Å². The molecule has 0 radical (unpaired) electrons. The Morgan fingerprint density at radius 2 is 1.85 bits per heavy atom. The first kappa shape index (κ1) is 19.6. The zero-order chi connectivity index (χ0) is 19.1. The van der Waals surface area contributed by atoms with Gasteiger partial charge in [-0.25, -0.2) is 4.79 Å². The number of hydrogen-bond acceptors (Lipinski definition) is 5. The molecule has 0 spiro atoms. The van der Waals surface area contributed by atoms with Gasteiger partial charge in [0.15, 0.2) is 13.2 Å². The lowest BCUT2D eigenvalue weighted by atomic mass is 10.1. The maximum Gasteiger partial charge on any atom is 0.344 e. The second-order valence-corrected chi connectivity index (χ2v) is 5.95. The zero-order valence-corrected chi connectivity index (χ0v) is 15.6. The van der Waals surface area contributed by atoms with Crippen LogP contribution in [-0.2, 0) is 14.3 Å². The molecule has 1 N–H and O–H groups in total. The molecule has 6 nitrogen and oxygen atoms in total. The number of carbonyl (C=O) groups excluding carboxylic acids is 2.